The molecule has 0 radical (unpaired) electrons. The maximum atomic E-state index is 10.3. The van der Waals surface area contributed by atoms with Crippen LogP contribution in [0.1, 0.15) is 12.5 Å². The highest BCUT2D eigenvalue weighted by Crippen LogP contribution is 2.33. The van der Waals surface area contributed by atoms with E-state index in [1.807, 2.05) is 48.5 Å². The van der Waals surface area contributed by atoms with E-state index in [2.05, 4.69) is 35.4 Å². The highest BCUT2D eigenvalue weighted by Gasteiger charge is 2.11. The van der Waals surface area contributed by atoms with Gasteiger partial charge in [-0.25, -0.2) is 0 Å². The quantitative estimate of drug-likeness (QED) is 0.165. The molecule has 0 spiro atoms. The fraction of sp³-hybridized carbons (Fsp3) is 0.280. The van der Waals surface area contributed by atoms with Gasteiger partial charge in [0.05, 0.1) is 5.52 Å². The Morgan fingerprint density at radius 2 is 1.63 bits per heavy atom. The molecule has 1 atom stereocenters. The first-order valence-corrected chi connectivity index (χ1v) is 12.8. The van der Waals surface area contributed by atoms with Crippen LogP contribution in [0.15, 0.2) is 66.7 Å². The minimum Gasteiger partial charge on any atom is -0.756 e. The molecule has 9 nitrogen and oxygen atoms in total. The van der Waals surface area contributed by atoms with Gasteiger partial charge in [-0.15, -0.1) is 0 Å². The van der Waals surface area contributed by atoms with Crippen LogP contribution in [-0.4, -0.2) is 52.3 Å². The third-order valence-electron chi connectivity index (χ3n) is 5.19. The summed E-state index contributed by atoms with van der Waals surface area (Å²) in [6.07, 6.45) is 0.344. The molecule has 3 aromatic carbocycles. The van der Waals surface area contributed by atoms with E-state index in [4.69, 9.17) is 28.7 Å². The monoisotopic (exact) mass is 501 g/mol. The molecule has 0 aliphatic rings. The number of rotatable bonds is 10. The highest BCUT2D eigenvalue weighted by atomic mass is 31.2. The lowest BCUT2D eigenvalue weighted by Crippen LogP contribution is -2.33. The summed E-state index contributed by atoms with van der Waals surface area (Å²) in [6.45, 7) is 4.01. The molecule has 5 N–H and O–H groups in total. The number of fused-ring (bicyclic) bond motifs is 3. The Hall–Kier alpha value is -2.91. The van der Waals surface area contributed by atoms with Crippen molar-refractivity contribution in [2.45, 2.75) is 19.4 Å². The lowest BCUT2D eigenvalue weighted by molar-refractivity contribution is -0.214. The summed E-state index contributed by atoms with van der Waals surface area (Å²) in [6, 6.07) is 22.2. The molecule has 4 rings (SSSR count). The highest BCUT2D eigenvalue weighted by molar-refractivity contribution is 7.43. The second-order valence-electron chi connectivity index (χ2n) is 7.82. The summed E-state index contributed by atoms with van der Waals surface area (Å²) < 4.78 is 20.6. The maximum absolute atomic E-state index is 10.3. The predicted molar refractivity (Wildman–Crippen MR) is 134 cm³/mol. The van der Waals surface area contributed by atoms with Crippen molar-refractivity contribution < 1.29 is 33.8 Å². The average Bonchev–Trinajstić information content (AvgIpc) is 3.21. The lowest BCUT2D eigenvalue weighted by Gasteiger charge is -2.15. The Kier molecular flexibility index (Phi) is 9.68. The molecule has 0 amide bonds. The summed E-state index contributed by atoms with van der Waals surface area (Å²) in [7, 11) is -4.89. The number of nitrogens with one attached hydrogen (secondary N) is 2. The summed E-state index contributed by atoms with van der Waals surface area (Å²) in [4.78, 5) is 26.3. The van der Waals surface area contributed by atoms with Crippen molar-refractivity contribution >= 4 is 29.6 Å². The van der Waals surface area contributed by atoms with Crippen molar-refractivity contribution in [3.8, 4) is 11.5 Å². The van der Waals surface area contributed by atoms with Crippen molar-refractivity contribution in [3.63, 3.8) is 0 Å². The number of hydrogen-bond donors (Lipinski definition) is 5. The standard InChI is InChI=1S/C25H28N2O3.H3O4P/c1-2-18-8-3-6-12-23(18)29-15-14-26-16-19(28)17-30-24-13-7-11-22-25(24)20-9-4-5-10-21(20)27-22;1-5(2,3)4/h3-13,19,26-28H,2,14-17H2,1H3;(H3,1,2,3,4)/p-1. The minimum atomic E-state index is -4.89. The van der Waals surface area contributed by atoms with Crippen LogP contribution in [0.4, 0.5) is 0 Å². The molecule has 1 heterocycles. The fourth-order valence-corrected chi connectivity index (χ4v) is 3.67. The van der Waals surface area contributed by atoms with Crippen LogP contribution in [0, 0.1) is 0 Å². The van der Waals surface area contributed by atoms with Crippen LogP contribution in [0.3, 0.4) is 0 Å². The van der Waals surface area contributed by atoms with Gasteiger partial charge >= 0.3 is 0 Å². The van der Waals surface area contributed by atoms with Crippen molar-refractivity contribution in [1.82, 2.24) is 10.3 Å². The van der Waals surface area contributed by atoms with Gasteiger partial charge in [-0.2, -0.15) is 0 Å². The third kappa shape index (κ3) is 8.36. The number of H-pyrrole nitrogens is 1. The van der Waals surface area contributed by atoms with E-state index in [9.17, 15) is 5.11 Å². The van der Waals surface area contributed by atoms with E-state index in [1.54, 1.807) is 0 Å². The Morgan fingerprint density at radius 1 is 0.971 bits per heavy atom. The van der Waals surface area contributed by atoms with Crippen LogP contribution in [0.25, 0.3) is 21.8 Å². The number of benzene rings is 3. The predicted octanol–water partition coefficient (Wildman–Crippen LogP) is 2.73. The van der Waals surface area contributed by atoms with Crippen molar-refractivity contribution in [1.29, 1.82) is 0 Å². The first-order valence-electron chi connectivity index (χ1n) is 11.2. The van der Waals surface area contributed by atoms with E-state index in [0.717, 1.165) is 39.7 Å². The van der Waals surface area contributed by atoms with Crippen LogP contribution < -0.4 is 19.7 Å². The summed E-state index contributed by atoms with van der Waals surface area (Å²) >= 11 is 0. The molecular formula is C25H30N2O7P-. The van der Waals surface area contributed by atoms with Crippen LogP contribution in [0.5, 0.6) is 11.5 Å². The second kappa shape index (κ2) is 12.7. The molecule has 0 aliphatic heterocycles. The van der Waals surface area contributed by atoms with Crippen molar-refractivity contribution in [2.75, 3.05) is 26.3 Å². The second-order valence-corrected chi connectivity index (χ2v) is 8.80. The molecule has 0 fully saturated rings. The van der Waals surface area contributed by atoms with Gasteiger partial charge < -0.3 is 39.6 Å². The van der Waals surface area contributed by atoms with E-state index in [-0.39, 0.29) is 6.61 Å². The first kappa shape index (κ1) is 26.7. The molecule has 188 valence electrons. The number of para-hydroxylation sites is 2. The van der Waals surface area contributed by atoms with Crippen LogP contribution in [0.2, 0.25) is 0 Å². The molecule has 0 saturated carbocycles. The zero-order valence-corrected chi connectivity index (χ0v) is 20.3. The van der Waals surface area contributed by atoms with E-state index in [1.165, 1.54) is 5.56 Å². The van der Waals surface area contributed by atoms with Gasteiger partial charge in [0, 0.05) is 29.4 Å². The SMILES string of the molecule is CCc1ccccc1OCCNCC(O)COc1cccc2[nH]c3ccccc3c12.O=P([O-])(O)O. The third-order valence-corrected chi connectivity index (χ3v) is 5.19. The fourth-order valence-electron chi connectivity index (χ4n) is 3.67. The Labute approximate surface area is 203 Å². The number of aryl methyl sites for hydroxylation is 1. The smallest absolute Gasteiger partial charge is 0.262 e. The van der Waals surface area contributed by atoms with Gasteiger partial charge in [-0.1, -0.05) is 49.4 Å². The molecule has 10 heteroatoms. The van der Waals surface area contributed by atoms with Crippen LogP contribution in [-0.2, 0) is 11.0 Å². The largest absolute Gasteiger partial charge is 0.756 e. The topological polar surface area (TPSA) is 147 Å². The summed E-state index contributed by atoms with van der Waals surface area (Å²) in [5.74, 6) is 1.71. The molecule has 35 heavy (non-hydrogen) atoms. The van der Waals surface area contributed by atoms with Gasteiger partial charge in [-0.05, 0) is 36.2 Å². The van der Waals surface area contributed by atoms with E-state index < -0.39 is 13.9 Å². The molecule has 1 aromatic heterocycles. The van der Waals surface area contributed by atoms with E-state index in [0.29, 0.717) is 19.7 Å². The number of phosphoric acid groups is 1. The van der Waals surface area contributed by atoms with Gasteiger partial charge in [0.2, 0.25) is 0 Å². The number of aliphatic hydroxyl groups is 1. The Balaban J connectivity index is 0.000000623. The number of ether oxygens (including phenoxy) is 2. The van der Waals surface area contributed by atoms with Crippen LogP contribution >= 0.6 is 7.82 Å². The first-order chi connectivity index (χ1) is 16.8. The number of aromatic nitrogens is 1. The Morgan fingerprint density at radius 3 is 2.40 bits per heavy atom. The zero-order chi connectivity index (χ0) is 25.3. The minimum absolute atomic E-state index is 0.227. The molecule has 1 unspecified atom stereocenters. The maximum Gasteiger partial charge on any atom is 0.262 e. The Bertz CT molecular complexity index is 1260. The van der Waals surface area contributed by atoms with Crippen molar-refractivity contribution in [3.05, 3.63) is 72.3 Å². The average molecular weight is 501 g/mol. The summed E-state index contributed by atoms with van der Waals surface area (Å²) in [5, 5.41) is 15.7. The molecule has 0 bridgehead atoms. The van der Waals surface area contributed by atoms with Gasteiger partial charge in [0.15, 0.2) is 0 Å². The van der Waals surface area contributed by atoms with Gasteiger partial charge in [0.25, 0.3) is 7.82 Å². The normalized spacial score (nSPS) is 12.3. The number of aliphatic hydroxyl groups excluding tert-OH is 1. The zero-order valence-electron chi connectivity index (χ0n) is 19.4. The summed E-state index contributed by atoms with van der Waals surface area (Å²) in [5.41, 5.74) is 3.32. The number of hydrogen-bond acceptors (Lipinski definition) is 6. The molecular weight excluding hydrogens is 471 g/mol. The van der Waals surface area contributed by atoms with Gasteiger partial charge in [0.1, 0.15) is 30.8 Å². The number of aromatic amines is 1. The molecule has 0 saturated heterocycles. The molecule has 4 aromatic rings. The molecule has 0 aliphatic carbocycles. The van der Waals surface area contributed by atoms with Gasteiger partial charge in [-0.3, -0.25) is 4.57 Å². The van der Waals surface area contributed by atoms with E-state index >= 15 is 0 Å². The van der Waals surface area contributed by atoms with Crippen molar-refractivity contribution in [2.24, 2.45) is 0 Å². The lowest BCUT2D eigenvalue weighted by atomic mass is 10.1.